The molecule has 4 nitrogen and oxygen atoms in total. The first-order chi connectivity index (χ1) is 11.2. The van der Waals surface area contributed by atoms with E-state index in [2.05, 4.69) is 58.7 Å². The largest absolute Gasteiger partial charge is 0.355 e. The molecule has 0 aliphatic heterocycles. The van der Waals surface area contributed by atoms with Gasteiger partial charge < -0.3 is 10.6 Å². The van der Waals surface area contributed by atoms with Crippen molar-refractivity contribution in [3.05, 3.63) is 46.4 Å². The Morgan fingerprint density at radius 2 is 2.04 bits per heavy atom. The normalized spacial score (nSPS) is 12.4. The summed E-state index contributed by atoms with van der Waals surface area (Å²) in [5.41, 5.74) is 0. The maximum absolute atomic E-state index is 4.41. The van der Waals surface area contributed by atoms with Gasteiger partial charge in [-0.2, -0.15) is 0 Å². The summed E-state index contributed by atoms with van der Waals surface area (Å²) in [4.78, 5) is 11.3. The third kappa shape index (κ3) is 7.40. The van der Waals surface area contributed by atoms with Crippen LogP contribution in [0.25, 0.3) is 0 Å². The highest BCUT2D eigenvalue weighted by Gasteiger charge is 2.07. The molecule has 0 amide bonds. The number of rotatable bonds is 7. The molecule has 7 heteroatoms. The molecule has 1 heterocycles. The number of aromatic nitrogens is 1. The van der Waals surface area contributed by atoms with Gasteiger partial charge in [-0.15, -0.1) is 47.1 Å². The summed E-state index contributed by atoms with van der Waals surface area (Å²) in [6.07, 6.45) is 3.00. The topological polar surface area (TPSA) is 49.3 Å². The van der Waals surface area contributed by atoms with Gasteiger partial charge in [0.1, 0.15) is 5.01 Å². The van der Waals surface area contributed by atoms with Crippen LogP contribution in [0.4, 0.5) is 0 Å². The number of guanidine groups is 1. The molecule has 2 N–H and O–H groups in total. The van der Waals surface area contributed by atoms with E-state index in [1.54, 1.807) is 18.4 Å². The van der Waals surface area contributed by atoms with Crippen molar-refractivity contribution in [2.75, 3.05) is 13.6 Å². The van der Waals surface area contributed by atoms with E-state index in [0.717, 1.165) is 23.9 Å². The summed E-state index contributed by atoms with van der Waals surface area (Å²) in [5, 5.41) is 8.25. The van der Waals surface area contributed by atoms with Crippen molar-refractivity contribution in [3.63, 3.8) is 0 Å². The van der Waals surface area contributed by atoms with Crippen molar-refractivity contribution in [1.82, 2.24) is 15.6 Å². The predicted molar refractivity (Wildman–Crippen MR) is 117 cm³/mol. The van der Waals surface area contributed by atoms with E-state index < -0.39 is 0 Å². The molecular weight excluding hydrogens is 451 g/mol. The first-order valence-corrected chi connectivity index (χ1v) is 9.50. The molecule has 0 radical (unpaired) electrons. The van der Waals surface area contributed by atoms with Crippen molar-refractivity contribution in [2.24, 2.45) is 4.99 Å². The third-order valence-corrected chi connectivity index (χ3v) is 5.47. The Kier molecular flexibility index (Phi) is 10.4. The molecule has 24 heavy (non-hydrogen) atoms. The van der Waals surface area contributed by atoms with E-state index in [4.69, 9.17) is 0 Å². The van der Waals surface area contributed by atoms with Gasteiger partial charge in [-0.25, -0.2) is 4.98 Å². The molecule has 0 aliphatic carbocycles. The monoisotopic (exact) mass is 476 g/mol. The van der Waals surface area contributed by atoms with Gasteiger partial charge in [0.25, 0.3) is 0 Å². The van der Waals surface area contributed by atoms with E-state index >= 15 is 0 Å². The molecule has 1 unspecified atom stereocenters. The van der Waals surface area contributed by atoms with Crippen LogP contribution in [0.1, 0.15) is 23.7 Å². The fourth-order valence-electron chi connectivity index (χ4n) is 1.99. The van der Waals surface area contributed by atoms with Gasteiger partial charge in [0.2, 0.25) is 0 Å². The number of aliphatic imine (C=N–C) groups is 1. The highest BCUT2D eigenvalue weighted by molar-refractivity contribution is 14.0. The fraction of sp³-hybridized carbons (Fsp3) is 0.412. The summed E-state index contributed by atoms with van der Waals surface area (Å²) < 4.78 is 0. The van der Waals surface area contributed by atoms with Gasteiger partial charge >= 0.3 is 0 Å². The molecule has 1 atom stereocenters. The molecule has 1 aromatic heterocycles. The number of aryl methyl sites for hydroxylation is 1. The number of hydrogen-bond donors (Lipinski definition) is 2. The minimum Gasteiger partial charge on any atom is -0.355 e. The third-order valence-electron chi connectivity index (χ3n) is 3.22. The highest BCUT2D eigenvalue weighted by atomic mass is 127. The van der Waals surface area contributed by atoms with Crippen molar-refractivity contribution in [3.8, 4) is 0 Å². The minimum atomic E-state index is 0. The average Bonchev–Trinajstić information content (AvgIpc) is 3.04. The molecule has 0 saturated carbocycles. The molecule has 0 aliphatic rings. The van der Waals surface area contributed by atoms with Crippen molar-refractivity contribution in [1.29, 1.82) is 0 Å². The lowest BCUT2D eigenvalue weighted by atomic mass is 10.4. The molecule has 2 aromatic rings. The van der Waals surface area contributed by atoms with Gasteiger partial charge in [0.05, 0.1) is 6.54 Å². The number of thioether (sulfide) groups is 1. The van der Waals surface area contributed by atoms with Gasteiger partial charge in [-0.1, -0.05) is 32.0 Å². The van der Waals surface area contributed by atoms with Gasteiger partial charge in [0.15, 0.2) is 5.96 Å². The fourth-order valence-corrected chi connectivity index (χ4v) is 3.73. The summed E-state index contributed by atoms with van der Waals surface area (Å²) >= 11 is 3.61. The molecule has 1 aromatic carbocycles. The number of thiazole rings is 1. The minimum absolute atomic E-state index is 0. The molecule has 132 valence electrons. The molecular formula is C17H25IN4S2. The Morgan fingerprint density at radius 1 is 1.29 bits per heavy atom. The smallest absolute Gasteiger partial charge is 0.191 e. The Labute approximate surface area is 170 Å². The van der Waals surface area contributed by atoms with Crippen molar-refractivity contribution in [2.45, 2.75) is 37.0 Å². The Hall–Kier alpha value is -0.800. The molecule has 0 spiro atoms. The second-order valence-corrected chi connectivity index (χ2v) is 7.83. The van der Waals surface area contributed by atoms with E-state index in [-0.39, 0.29) is 24.0 Å². The number of nitrogens with one attached hydrogen (secondary N) is 2. The lowest BCUT2D eigenvalue weighted by Crippen LogP contribution is -2.39. The lowest BCUT2D eigenvalue weighted by molar-refractivity contribution is 0.787. The first-order valence-electron chi connectivity index (χ1n) is 7.81. The summed E-state index contributed by atoms with van der Waals surface area (Å²) in [6, 6.07) is 10.5. The zero-order chi connectivity index (χ0) is 16.5. The van der Waals surface area contributed by atoms with E-state index in [1.165, 1.54) is 9.77 Å². The maximum Gasteiger partial charge on any atom is 0.191 e. The number of halogens is 1. The van der Waals surface area contributed by atoms with Crippen molar-refractivity contribution >= 4 is 53.0 Å². The molecule has 0 saturated heterocycles. The van der Waals surface area contributed by atoms with Crippen LogP contribution in [0.5, 0.6) is 0 Å². The van der Waals surface area contributed by atoms with Crippen LogP contribution in [0.2, 0.25) is 0 Å². The van der Waals surface area contributed by atoms with Gasteiger partial charge in [-0.05, 0) is 18.6 Å². The number of benzene rings is 1. The number of nitrogens with zero attached hydrogens (tertiary/aromatic N) is 2. The Bertz CT molecular complexity index is 616. The molecule has 0 fully saturated rings. The van der Waals surface area contributed by atoms with Crippen molar-refractivity contribution < 1.29 is 0 Å². The Morgan fingerprint density at radius 3 is 2.67 bits per heavy atom. The van der Waals surface area contributed by atoms with Crippen LogP contribution in [-0.2, 0) is 13.0 Å². The van der Waals surface area contributed by atoms with E-state index in [1.807, 2.05) is 24.0 Å². The second kappa shape index (κ2) is 11.7. The van der Waals surface area contributed by atoms with Gasteiger partial charge in [-0.3, -0.25) is 4.99 Å². The second-order valence-electron chi connectivity index (χ2n) is 5.12. The average molecular weight is 476 g/mol. The standard InChI is InChI=1S/C17H24N4S2.HI/c1-4-14-11-19-16(23-14)12-21-17(18-3)20-10-13(2)22-15-8-6-5-7-9-15;/h5-9,11,13H,4,10,12H2,1-3H3,(H2,18,20,21);1H. The predicted octanol–water partition coefficient (Wildman–Crippen LogP) is 4.17. The van der Waals surface area contributed by atoms with Crippen LogP contribution in [0.15, 0.2) is 46.4 Å². The summed E-state index contributed by atoms with van der Waals surface area (Å²) in [6.45, 7) is 5.94. The zero-order valence-electron chi connectivity index (χ0n) is 14.3. The maximum atomic E-state index is 4.41. The summed E-state index contributed by atoms with van der Waals surface area (Å²) in [5.74, 6) is 0.818. The van der Waals surface area contributed by atoms with Crippen LogP contribution in [-0.4, -0.2) is 29.8 Å². The quantitative estimate of drug-likeness (QED) is 0.273. The van der Waals surface area contributed by atoms with E-state index in [0.29, 0.717) is 11.8 Å². The van der Waals surface area contributed by atoms with E-state index in [9.17, 15) is 0 Å². The number of hydrogen-bond acceptors (Lipinski definition) is 4. The first kappa shape index (κ1) is 21.2. The van der Waals surface area contributed by atoms with Crippen LogP contribution >= 0.6 is 47.1 Å². The highest BCUT2D eigenvalue weighted by Crippen LogP contribution is 2.21. The van der Waals surface area contributed by atoms with Crippen LogP contribution in [0, 0.1) is 0 Å². The SMILES string of the molecule is CCc1cnc(CNC(=NC)NCC(C)Sc2ccccc2)s1.I. The Balaban J connectivity index is 0.00000288. The lowest BCUT2D eigenvalue weighted by Gasteiger charge is -2.15. The summed E-state index contributed by atoms with van der Waals surface area (Å²) in [7, 11) is 1.80. The molecule has 0 bridgehead atoms. The zero-order valence-corrected chi connectivity index (χ0v) is 18.2. The van der Waals surface area contributed by atoms with Crippen LogP contribution in [0.3, 0.4) is 0 Å². The molecule has 2 rings (SSSR count). The van der Waals surface area contributed by atoms with Gasteiger partial charge in [0, 0.05) is 34.8 Å². The van der Waals surface area contributed by atoms with Crippen LogP contribution < -0.4 is 10.6 Å².